The molecule has 0 bridgehead atoms. The Hall–Kier alpha value is -6.90. The van der Waals surface area contributed by atoms with Crippen LogP contribution in [0.25, 0.3) is 105 Å². The lowest BCUT2D eigenvalue weighted by Gasteiger charge is -2.26. The van der Waals surface area contributed by atoms with Crippen molar-refractivity contribution in [1.29, 1.82) is 0 Å². The molecule has 13 aromatic rings. The third kappa shape index (κ3) is 5.40. The van der Waals surface area contributed by atoms with Gasteiger partial charge in [-0.05, 0) is 131 Å². The summed E-state index contributed by atoms with van der Waals surface area (Å²) < 4.78 is 12.4. The van der Waals surface area contributed by atoms with Crippen LogP contribution < -0.4 is 4.90 Å². The number of hydrogen-bond acceptors (Lipinski definition) is 7. The van der Waals surface area contributed by atoms with E-state index < -0.39 is 0 Å². The predicted molar refractivity (Wildman–Crippen MR) is 254 cm³/mol. The molecule has 276 valence electrons. The van der Waals surface area contributed by atoms with Crippen LogP contribution in [0.4, 0.5) is 17.1 Å². The zero-order valence-corrected chi connectivity index (χ0v) is 33.7. The maximum absolute atomic E-state index is 6.12. The second kappa shape index (κ2) is 12.8. The quantitative estimate of drug-likeness (QED) is 0.162. The van der Waals surface area contributed by atoms with Gasteiger partial charge in [-0.15, -0.1) is 34.0 Å². The smallest absolute Gasteiger partial charge is 0.227 e. The Morgan fingerprint density at radius 2 is 0.966 bits per heavy atom. The van der Waals surface area contributed by atoms with Gasteiger partial charge >= 0.3 is 0 Å². The van der Waals surface area contributed by atoms with Gasteiger partial charge < -0.3 is 9.32 Å². The second-order valence-electron chi connectivity index (χ2n) is 15.0. The second-order valence-corrected chi connectivity index (χ2v) is 18.2. The van der Waals surface area contributed by atoms with E-state index in [2.05, 4.69) is 157 Å². The van der Waals surface area contributed by atoms with Crippen molar-refractivity contribution in [2.45, 2.75) is 0 Å². The van der Waals surface area contributed by atoms with Gasteiger partial charge in [-0.3, -0.25) is 0 Å². The number of anilines is 3. The Bertz CT molecular complexity index is 3750. The molecule has 0 atom stereocenters. The Labute approximate surface area is 349 Å². The molecular weight excluding hydrogens is 779 g/mol. The molecule has 0 unspecified atom stereocenters. The summed E-state index contributed by atoms with van der Waals surface area (Å²) in [6.45, 7) is 0. The third-order valence-electron chi connectivity index (χ3n) is 11.5. The van der Waals surface area contributed by atoms with E-state index >= 15 is 0 Å². The van der Waals surface area contributed by atoms with Crippen molar-refractivity contribution >= 4 is 134 Å². The summed E-state index contributed by atoms with van der Waals surface area (Å²) in [6, 6.07) is 63.5. The molecule has 0 N–H and O–H groups in total. The highest BCUT2D eigenvalue weighted by Crippen LogP contribution is 2.45. The summed E-state index contributed by atoms with van der Waals surface area (Å²) >= 11 is 5.43. The van der Waals surface area contributed by atoms with Crippen LogP contribution in [0.5, 0.6) is 0 Å². The third-order valence-corrected chi connectivity index (χ3v) is 14.8. The van der Waals surface area contributed by atoms with E-state index in [0.29, 0.717) is 5.89 Å². The van der Waals surface area contributed by atoms with Gasteiger partial charge in [0, 0.05) is 68.5 Å². The Kier molecular flexibility index (Phi) is 7.18. The summed E-state index contributed by atoms with van der Waals surface area (Å²) in [4.78, 5) is 12.1. The van der Waals surface area contributed by atoms with Crippen molar-refractivity contribution in [3.63, 3.8) is 0 Å². The first-order valence-electron chi connectivity index (χ1n) is 19.5. The number of hydrogen-bond donors (Lipinski definition) is 0. The molecule has 0 aliphatic heterocycles. The molecule has 0 fully saturated rings. The molecule has 7 heteroatoms. The Morgan fingerprint density at radius 3 is 1.75 bits per heavy atom. The molecule has 0 spiro atoms. The summed E-state index contributed by atoms with van der Waals surface area (Å²) in [6.07, 6.45) is 0. The van der Waals surface area contributed by atoms with Crippen molar-refractivity contribution in [2.75, 3.05) is 4.90 Å². The lowest BCUT2D eigenvalue weighted by Crippen LogP contribution is -2.09. The number of para-hydroxylation sites is 3. The van der Waals surface area contributed by atoms with Crippen LogP contribution in [-0.2, 0) is 0 Å². The van der Waals surface area contributed by atoms with Crippen LogP contribution in [0.15, 0.2) is 180 Å². The van der Waals surface area contributed by atoms with Gasteiger partial charge in [0.05, 0.1) is 10.2 Å². The Morgan fingerprint density at radius 1 is 0.373 bits per heavy atom. The number of thiazole rings is 1. The normalized spacial score (nSPS) is 12.1. The van der Waals surface area contributed by atoms with Crippen molar-refractivity contribution in [3.8, 4) is 22.0 Å². The zero-order chi connectivity index (χ0) is 38.6. The van der Waals surface area contributed by atoms with Crippen LogP contribution >= 0.6 is 34.0 Å². The highest BCUT2D eigenvalue weighted by atomic mass is 32.1. The minimum Gasteiger partial charge on any atom is -0.436 e. The minimum atomic E-state index is 0.656. The van der Waals surface area contributed by atoms with Gasteiger partial charge in [0.25, 0.3) is 0 Å². The summed E-state index contributed by atoms with van der Waals surface area (Å²) in [5.41, 5.74) is 8.17. The SMILES string of the molecule is c1ccc2cc3cc(N(c4ccc(-c5nc6ccccc6s5)cc4)c4ccc5c(c4)sc4cc6c(cc45)sc4cc(-c5nc7ccccc7o5)ccc46)ccc3cc2c1. The van der Waals surface area contributed by atoms with Crippen LogP contribution in [0.2, 0.25) is 0 Å². The fourth-order valence-corrected chi connectivity index (χ4v) is 11.9. The van der Waals surface area contributed by atoms with Gasteiger partial charge in [0.1, 0.15) is 10.5 Å². The van der Waals surface area contributed by atoms with Crippen molar-refractivity contribution in [1.82, 2.24) is 9.97 Å². The van der Waals surface area contributed by atoms with Crippen molar-refractivity contribution in [3.05, 3.63) is 176 Å². The average Bonchev–Trinajstić information content (AvgIpc) is 4.07. The number of benzene rings is 9. The predicted octanol–water partition coefficient (Wildman–Crippen LogP) is 16.3. The molecule has 0 saturated heterocycles. The monoisotopic (exact) mass is 807 g/mol. The lowest BCUT2D eigenvalue weighted by molar-refractivity contribution is 0.620. The molecule has 4 aromatic heterocycles. The fourth-order valence-electron chi connectivity index (χ4n) is 8.56. The maximum Gasteiger partial charge on any atom is 0.227 e. The van der Waals surface area contributed by atoms with Gasteiger partial charge in [-0.2, -0.15) is 0 Å². The molecule has 0 amide bonds. The van der Waals surface area contributed by atoms with E-state index in [1.54, 1.807) is 11.3 Å². The summed E-state index contributed by atoms with van der Waals surface area (Å²) in [5, 5.41) is 11.1. The van der Waals surface area contributed by atoms with Crippen LogP contribution in [0.1, 0.15) is 0 Å². The standard InChI is InChI=1S/C52H29N3OS3/c1-2-8-32-24-35-25-37(19-15-33(35)23-31(32)7-1)55(36-17-13-30(14-18-36)52-54-44-10-4-6-12-46(44)59-52)38-20-22-40-42-29-49-41(28-50(42)58-48(40)27-38)39-21-16-34(26-47(39)57-49)51-53-43-9-3-5-11-45(43)56-51/h1-29H. The molecule has 4 heterocycles. The van der Waals surface area contributed by atoms with Gasteiger partial charge in [-0.25, -0.2) is 9.97 Å². The van der Waals surface area contributed by atoms with Crippen molar-refractivity contribution < 1.29 is 4.42 Å². The largest absolute Gasteiger partial charge is 0.436 e. The van der Waals surface area contributed by atoms with Gasteiger partial charge in [0.2, 0.25) is 5.89 Å². The maximum atomic E-state index is 6.12. The molecule has 0 saturated carbocycles. The summed E-state index contributed by atoms with van der Waals surface area (Å²) in [5.74, 6) is 0.656. The van der Waals surface area contributed by atoms with E-state index in [1.165, 1.54) is 66.6 Å². The molecule has 59 heavy (non-hydrogen) atoms. The number of nitrogens with zero attached hydrogens (tertiary/aromatic N) is 3. The first-order valence-corrected chi connectivity index (χ1v) is 22.0. The number of rotatable bonds is 5. The van der Waals surface area contributed by atoms with Gasteiger partial charge in [-0.1, -0.05) is 66.7 Å². The molecule has 9 aromatic carbocycles. The van der Waals surface area contributed by atoms with E-state index in [1.807, 2.05) is 46.9 Å². The molecule has 4 nitrogen and oxygen atoms in total. The topological polar surface area (TPSA) is 42.2 Å². The average molecular weight is 808 g/mol. The molecule has 13 rings (SSSR count). The van der Waals surface area contributed by atoms with E-state index in [4.69, 9.17) is 14.4 Å². The number of thiophene rings is 2. The minimum absolute atomic E-state index is 0.656. The van der Waals surface area contributed by atoms with Gasteiger partial charge in [0.15, 0.2) is 5.58 Å². The molecule has 0 radical (unpaired) electrons. The highest BCUT2D eigenvalue weighted by molar-refractivity contribution is 7.27. The highest BCUT2D eigenvalue weighted by Gasteiger charge is 2.18. The van der Waals surface area contributed by atoms with E-state index in [9.17, 15) is 0 Å². The van der Waals surface area contributed by atoms with Crippen LogP contribution in [0, 0.1) is 0 Å². The first kappa shape index (κ1) is 33.1. The molecular formula is C52H29N3OS3. The molecule has 0 aliphatic carbocycles. The first-order chi connectivity index (χ1) is 29.1. The zero-order valence-electron chi connectivity index (χ0n) is 31.2. The number of fused-ring (bicyclic) bond motifs is 10. The van der Waals surface area contributed by atoms with Crippen LogP contribution in [0.3, 0.4) is 0 Å². The number of oxazole rings is 1. The van der Waals surface area contributed by atoms with Crippen molar-refractivity contribution in [2.24, 2.45) is 0 Å². The van der Waals surface area contributed by atoms with E-state index in [0.717, 1.165) is 49.8 Å². The number of aromatic nitrogens is 2. The van der Waals surface area contributed by atoms with Crippen LogP contribution in [-0.4, -0.2) is 9.97 Å². The fraction of sp³-hybridized carbons (Fsp3) is 0. The molecule has 0 aliphatic rings. The lowest BCUT2D eigenvalue weighted by atomic mass is 10.0. The summed E-state index contributed by atoms with van der Waals surface area (Å²) in [7, 11) is 0. The van der Waals surface area contributed by atoms with E-state index in [-0.39, 0.29) is 0 Å². The Balaban J connectivity index is 0.923.